The molecular weight excluding hydrogens is 530 g/mol. The van der Waals surface area contributed by atoms with E-state index in [0.29, 0.717) is 35.7 Å². The molecule has 0 unspecified atom stereocenters. The minimum Gasteiger partial charge on any atom is -0.492 e. The number of sulfonamides is 1. The lowest BCUT2D eigenvalue weighted by molar-refractivity contribution is 0.0974. The summed E-state index contributed by atoms with van der Waals surface area (Å²) >= 11 is 5.31. The fourth-order valence-corrected chi connectivity index (χ4v) is 5.34. The van der Waals surface area contributed by atoms with E-state index in [-0.39, 0.29) is 10.0 Å². The SMILES string of the molecule is Cc1cccc(C)c1NS(=O)(=O)c1ccc(NC(=S)NC(=O)c2ccccc2OCCc2ccccc2)cc1. The van der Waals surface area contributed by atoms with E-state index < -0.39 is 15.9 Å². The highest BCUT2D eigenvalue weighted by Crippen LogP contribution is 2.24. The molecule has 0 spiro atoms. The molecule has 4 rings (SSSR count). The molecule has 0 bridgehead atoms. The number of carbonyl (C=O) groups is 1. The van der Waals surface area contributed by atoms with Gasteiger partial charge in [-0.1, -0.05) is 60.7 Å². The molecule has 0 saturated carbocycles. The van der Waals surface area contributed by atoms with Crippen LogP contribution in [0.25, 0.3) is 0 Å². The Kier molecular flexibility index (Phi) is 8.96. The van der Waals surface area contributed by atoms with Crippen molar-refractivity contribution < 1.29 is 17.9 Å². The largest absolute Gasteiger partial charge is 0.492 e. The average Bonchev–Trinajstić information content (AvgIpc) is 2.92. The highest BCUT2D eigenvalue weighted by atomic mass is 32.2. The first-order chi connectivity index (χ1) is 18.7. The Morgan fingerprint density at radius 1 is 0.821 bits per heavy atom. The summed E-state index contributed by atoms with van der Waals surface area (Å²) in [7, 11) is -3.78. The zero-order valence-corrected chi connectivity index (χ0v) is 23.2. The van der Waals surface area contributed by atoms with Gasteiger partial charge in [-0.05, 0) is 79.2 Å². The van der Waals surface area contributed by atoms with Crippen molar-refractivity contribution in [2.75, 3.05) is 16.6 Å². The molecule has 0 atom stereocenters. The van der Waals surface area contributed by atoms with E-state index in [9.17, 15) is 13.2 Å². The van der Waals surface area contributed by atoms with Crippen LogP contribution in [0, 0.1) is 13.8 Å². The third-order valence-corrected chi connectivity index (χ3v) is 7.56. The van der Waals surface area contributed by atoms with Gasteiger partial charge in [0.1, 0.15) is 5.75 Å². The summed E-state index contributed by atoms with van der Waals surface area (Å²) in [6, 6.07) is 28.6. The number of nitrogens with one attached hydrogen (secondary N) is 3. The van der Waals surface area contributed by atoms with E-state index in [4.69, 9.17) is 17.0 Å². The Labute approximate surface area is 234 Å². The Bertz CT molecular complexity index is 1550. The summed E-state index contributed by atoms with van der Waals surface area (Å²) in [6.45, 7) is 4.12. The lowest BCUT2D eigenvalue weighted by Gasteiger charge is -2.14. The maximum absolute atomic E-state index is 12.9. The molecule has 39 heavy (non-hydrogen) atoms. The van der Waals surface area contributed by atoms with Crippen LogP contribution in [0.4, 0.5) is 11.4 Å². The molecular formula is C30H29N3O4S2. The molecule has 1 amide bonds. The molecule has 3 N–H and O–H groups in total. The van der Waals surface area contributed by atoms with Crippen molar-refractivity contribution in [2.45, 2.75) is 25.2 Å². The quantitative estimate of drug-likeness (QED) is 0.223. The molecule has 0 aromatic heterocycles. The monoisotopic (exact) mass is 559 g/mol. The van der Waals surface area contributed by atoms with Crippen molar-refractivity contribution in [3.63, 3.8) is 0 Å². The summed E-state index contributed by atoms with van der Waals surface area (Å²) in [5, 5.41) is 5.64. The molecule has 7 nitrogen and oxygen atoms in total. The summed E-state index contributed by atoms with van der Waals surface area (Å²) in [6.07, 6.45) is 0.711. The number of carbonyl (C=O) groups excluding carboxylic acids is 1. The van der Waals surface area contributed by atoms with Gasteiger partial charge in [-0.25, -0.2) is 8.42 Å². The average molecular weight is 560 g/mol. The van der Waals surface area contributed by atoms with Crippen LogP contribution in [0.1, 0.15) is 27.0 Å². The molecule has 4 aromatic carbocycles. The number of amides is 1. The van der Waals surface area contributed by atoms with Crippen LogP contribution in [0.2, 0.25) is 0 Å². The number of hydrogen-bond donors (Lipinski definition) is 3. The predicted molar refractivity (Wildman–Crippen MR) is 159 cm³/mol. The Morgan fingerprint density at radius 2 is 1.46 bits per heavy atom. The summed E-state index contributed by atoms with van der Waals surface area (Å²) < 4.78 is 34.3. The molecule has 0 aliphatic carbocycles. The van der Waals surface area contributed by atoms with Crippen molar-refractivity contribution in [3.05, 3.63) is 119 Å². The van der Waals surface area contributed by atoms with E-state index in [0.717, 1.165) is 16.7 Å². The first kappa shape index (κ1) is 27.8. The first-order valence-corrected chi connectivity index (χ1v) is 14.2. The lowest BCUT2D eigenvalue weighted by atomic mass is 10.1. The Morgan fingerprint density at radius 3 is 2.15 bits per heavy atom. The maximum atomic E-state index is 12.9. The van der Waals surface area contributed by atoms with Crippen molar-refractivity contribution in [2.24, 2.45) is 0 Å². The summed E-state index contributed by atoms with van der Waals surface area (Å²) in [5.74, 6) is 0.0412. The second-order valence-electron chi connectivity index (χ2n) is 8.89. The van der Waals surface area contributed by atoms with Gasteiger partial charge >= 0.3 is 0 Å². The molecule has 200 valence electrons. The van der Waals surface area contributed by atoms with Crippen molar-refractivity contribution in [1.82, 2.24) is 5.32 Å². The fourth-order valence-electron chi connectivity index (χ4n) is 3.92. The summed E-state index contributed by atoms with van der Waals surface area (Å²) in [5.41, 5.74) is 4.26. The number of para-hydroxylation sites is 2. The second kappa shape index (κ2) is 12.6. The molecule has 9 heteroatoms. The minimum atomic E-state index is -3.78. The van der Waals surface area contributed by atoms with Crippen molar-refractivity contribution >= 4 is 44.6 Å². The van der Waals surface area contributed by atoms with Crippen LogP contribution in [0.5, 0.6) is 5.75 Å². The molecule has 0 aliphatic heterocycles. The normalized spacial score (nSPS) is 10.9. The van der Waals surface area contributed by atoms with Gasteiger partial charge in [0, 0.05) is 12.1 Å². The van der Waals surface area contributed by atoms with Crippen LogP contribution in [-0.2, 0) is 16.4 Å². The van der Waals surface area contributed by atoms with Gasteiger partial charge in [0.15, 0.2) is 5.11 Å². The zero-order chi connectivity index (χ0) is 27.8. The molecule has 0 aliphatic rings. The summed E-state index contributed by atoms with van der Waals surface area (Å²) in [4.78, 5) is 13.0. The van der Waals surface area contributed by atoms with Crippen LogP contribution >= 0.6 is 12.2 Å². The molecule has 0 saturated heterocycles. The van der Waals surface area contributed by atoms with Gasteiger partial charge in [0.25, 0.3) is 15.9 Å². The minimum absolute atomic E-state index is 0.0726. The molecule has 0 heterocycles. The van der Waals surface area contributed by atoms with Gasteiger partial charge in [0.2, 0.25) is 0 Å². The van der Waals surface area contributed by atoms with Crippen LogP contribution in [0.3, 0.4) is 0 Å². The van der Waals surface area contributed by atoms with E-state index in [2.05, 4.69) is 15.4 Å². The fraction of sp³-hybridized carbons (Fsp3) is 0.133. The van der Waals surface area contributed by atoms with Crippen LogP contribution in [0.15, 0.2) is 102 Å². The molecule has 4 aromatic rings. The highest BCUT2D eigenvalue weighted by Gasteiger charge is 2.17. The number of thiocarbonyl (C=S) groups is 1. The lowest BCUT2D eigenvalue weighted by Crippen LogP contribution is -2.34. The Hall–Kier alpha value is -4.21. The number of hydrogen-bond acceptors (Lipinski definition) is 5. The molecule has 0 radical (unpaired) electrons. The van der Waals surface area contributed by atoms with Crippen molar-refractivity contribution in [1.29, 1.82) is 0 Å². The number of rotatable bonds is 9. The topological polar surface area (TPSA) is 96.5 Å². The first-order valence-electron chi connectivity index (χ1n) is 12.3. The second-order valence-corrected chi connectivity index (χ2v) is 11.0. The van der Waals surface area contributed by atoms with E-state index in [1.54, 1.807) is 36.4 Å². The van der Waals surface area contributed by atoms with Gasteiger partial charge in [-0.15, -0.1) is 0 Å². The van der Waals surface area contributed by atoms with Gasteiger partial charge in [0.05, 0.1) is 22.8 Å². The third-order valence-electron chi connectivity index (χ3n) is 5.99. The number of anilines is 2. The number of benzene rings is 4. The standard InChI is InChI=1S/C30H29N3O4S2/c1-21-9-8-10-22(2)28(21)33-39(35,36)25-17-15-24(16-18-25)31-30(38)32-29(34)26-13-6-7-14-27(26)37-20-19-23-11-4-3-5-12-23/h3-18,33H,19-20H2,1-2H3,(H2,31,32,34,38). The van der Waals surface area contributed by atoms with Gasteiger partial charge < -0.3 is 10.1 Å². The number of ether oxygens (including phenoxy) is 1. The van der Waals surface area contributed by atoms with E-state index >= 15 is 0 Å². The van der Waals surface area contributed by atoms with Crippen molar-refractivity contribution in [3.8, 4) is 5.75 Å². The van der Waals surface area contributed by atoms with E-state index in [1.807, 2.05) is 62.4 Å². The zero-order valence-electron chi connectivity index (χ0n) is 21.6. The van der Waals surface area contributed by atoms with Crippen LogP contribution < -0.4 is 20.1 Å². The van der Waals surface area contributed by atoms with Gasteiger partial charge in [-0.2, -0.15) is 0 Å². The smallest absolute Gasteiger partial charge is 0.261 e. The highest BCUT2D eigenvalue weighted by molar-refractivity contribution is 7.92. The molecule has 0 fully saturated rings. The Balaban J connectivity index is 1.35. The maximum Gasteiger partial charge on any atom is 0.261 e. The third kappa shape index (κ3) is 7.43. The van der Waals surface area contributed by atoms with Gasteiger partial charge in [-0.3, -0.25) is 14.8 Å². The predicted octanol–water partition coefficient (Wildman–Crippen LogP) is 5.85. The van der Waals surface area contributed by atoms with E-state index in [1.165, 1.54) is 12.1 Å². The number of aryl methyl sites for hydroxylation is 2. The van der Waals surface area contributed by atoms with Crippen LogP contribution in [-0.4, -0.2) is 26.0 Å².